The van der Waals surface area contributed by atoms with Gasteiger partial charge < -0.3 is 9.32 Å². The van der Waals surface area contributed by atoms with Crippen molar-refractivity contribution in [1.29, 1.82) is 0 Å². The van der Waals surface area contributed by atoms with Crippen LogP contribution in [0.2, 0.25) is 0 Å². The molecule has 0 unspecified atom stereocenters. The predicted molar refractivity (Wildman–Crippen MR) is 90.8 cm³/mol. The maximum Gasteiger partial charge on any atom is 0.273 e. The Balaban J connectivity index is 1.50. The molecule has 1 aliphatic rings. The SMILES string of the molecule is Cc1cnn(C[C@H]2CCCN2C(=O)c2csc(-c3ccco3)n2)c1. The van der Waals surface area contributed by atoms with Crippen LogP contribution in [-0.2, 0) is 6.54 Å². The zero-order valence-electron chi connectivity index (χ0n) is 13.4. The molecule has 1 fully saturated rings. The monoisotopic (exact) mass is 342 g/mol. The van der Waals surface area contributed by atoms with Crippen molar-refractivity contribution in [2.75, 3.05) is 6.54 Å². The summed E-state index contributed by atoms with van der Waals surface area (Å²) in [5.41, 5.74) is 1.63. The average molecular weight is 342 g/mol. The minimum Gasteiger partial charge on any atom is -0.462 e. The number of aromatic nitrogens is 3. The number of rotatable bonds is 4. The summed E-state index contributed by atoms with van der Waals surface area (Å²) in [6, 6.07) is 3.85. The van der Waals surface area contributed by atoms with Crippen LogP contribution < -0.4 is 0 Å². The number of likely N-dealkylation sites (tertiary alicyclic amines) is 1. The zero-order valence-corrected chi connectivity index (χ0v) is 14.2. The van der Waals surface area contributed by atoms with Crippen LogP contribution in [0.25, 0.3) is 10.8 Å². The number of carbonyl (C=O) groups is 1. The summed E-state index contributed by atoms with van der Waals surface area (Å²) >= 11 is 1.43. The van der Waals surface area contributed by atoms with Crippen molar-refractivity contribution in [2.45, 2.75) is 32.4 Å². The first kappa shape index (κ1) is 15.1. The molecule has 0 aromatic carbocycles. The van der Waals surface area contributed by atoms with Crippen molar-refractivity contribution in [3.63, 3.8) is 0 Å². The van der Waals surface area contributed by atoms with Crippen LogP contribution in [0.3, 0.4) is 0 Å². The number of hydrogen-bond donors (Lipinski definition) is 0. The smallest absolute Gasteiger partial charge is 0.273 e. The average Bonchev–Trinajstić information content (AvgIpc) is 3.35. The van der Waals surface area contributed by atoms with Crippen molar-refractivity contribution in [3.8, 4) is 10.8 Å². The van der Waals surface area contributed by atoms with E-state index in [-0.39, 0.29) is 11.9 Å². The number of hydrogen-bond acceptors (Lipinski definition) is 5. The van der Waals surface area contributed by atoms with E-state index in [2.05, 4.69) is 10.1 Å². The molecule has 1 saturated heterocycles. The van der Waals surface area contributed by atoms with Gasteiger partial charge in [0.15, 0.2) is 10.8 Å². The molecule has 0 bridgehead atoms. The highest BCUT2D eigenvalue weighted by Gasteiger charge is 2.31. The number of aryl methyl sites for hydroxylation is 1. The lowest BCUT2D eigenvalue weighted by molar-refractivity contribution is 0.0716. The summed E-state index contributed by atoms with van der Waals surface area (Å²) in [6.45, 7) is 3.53. The lowest BCUT2D eigenvalue weighted by atomic mass is 10.2. The molecule has 4 rings (SSSR count). The van der Waals surface area contributed by atoms with E-state index in [0.29, 0.717) is 11.5 Å². The molecule has 1 aliphatic heterocycles. The summed E-state index contributed by atoms with van der Waals surface area (Å²) in [5, 5.41) is 6.89. The van der Waals surface area contributed by atoms with E-state index in [0.717, 1.165) is 36.5 Å². The Bertz CT molecular complexity index is 837. The molecule has 4 heterocycles. The van der Waals surface area contributed by atoms with E-state index in [1.807, 2.05) is 46.4 Å². The lowest BCUT2D eigenvalue weighted by Crippen LogP contribution is -2.38. The van der Waals surface area contributed by atoms with Gasteiger partial charge in [0.25, 0.3) is 5.91 Å². The van der Waals surface area contributed by atoms with Crippen LogP contribution in [0, 0.1) is 6.92 Å². The molecule has 3 aromatic rings. The first-order valence-corrected chi connectivity index (χ1v) is 8.88. The highest BCUT2D eigenvalue weighted by Crippen LogP contribution is 2.27. The van der Waals surface area contributed by atoms with Gasteiger partial charge in [0.2, 0.25) is 0 Å². The highest BCUT2D eigenvalue weighted by molar-refractivity contribution is 7.13. The topological polar surface area (TPSA) is 64.2 Å². The number of carbonyl (C=O) groups excluding carboxylic acids is 1. The third kappa shape index (κ3) is 2.87. The molecule has 3 aromatic heterocycles. The predicted octanol–water partition coefficient (Wildman–Crippen LogP) is 3.21. The van der Waals surface area contributed by atoms with E-state index in [9.17, 15) is 4.79 Å². The second-order valence-corrected chi connectivity index (χ2v) is 6.91. The molecule has 0 spiro atoms. The molecule has 1 amide bonds. The van der Waals surface area contributed by atoms with Gasteiger partial charge in [-0.1, -0.05) is 0 Å². The molecule has 0 radical (unpaired) electrons. The molecule has 0 aliphatic carbocycles. The zero-order chi connectivity index (χ0) is 16.5. The normalized spacial score (nSPS) is 17.5. The fraction of sp³-hybridized carbons (Fsp3) is 0.353. The van der Waals surface area contributed by atoms with Gasteiger partial charge in [0, 0.05) is 18.1 Å². The molecule has 124 valence electrons. The minimum absolute atomic E-state index is 0.00423. The molecule has 0 saturated carbocycles. The van der Waals surface area contributed by atoms with E-state index in [1.165, 1.54) is 11.3 Å². The second-order valence-electron chi connectivity index (χ2n) is 6.05. The molecule has 6 nitrogen and oxygen atoms in total. The summed E-state index contributed by atoms with van der Waals surface area (Å²) in [7, 11) is 0. The van der Waals surface area contributed by atoms with Gasteiger partial charge >= 0.3 is 0 Å². The van der Waals surface area contributed by atoms with Crippen LogP contribution in [0.1, 0.15) is 28.9 Å². The number of amides is 1. The van der Waals surface area contributed by atoms with Gasteiger partial charge in [-0.3, -0.25) is 9.48 Å². The first-order valence-electron chi connectivity index (χ1n) is 8.00. The molecule has 7 heteroatoms. The fourth-order valence-corrected chi connectivity index (χ4v) is 3.87. The number of thiazole rings is 1. The van der Waals surface area contributed by atoms with Crippen molar-refractivity contribution in [1.82, 2.24) is 19.7 Å². The van der Waals surface area contributed by atoms with E-state index in [4.69, 9.17) is 4.42 Å². The van der Waals surface area contributed by atoms with E-state index < -0.39 is 0 Å². The molecule has 0 N–H and O–H groups in total. The molecular weight excluding hydrogens is 324 g/mol. The summed E-state index contributed by atoms with van der Waals surface area (Å²) in [4.78, 5) is 19.2. The Kier molecular flexibility index (Phi) is 3.93. The third-order valence-corrected chi connectivity index (χ3v) is 5.11. The van der Waals surface area contributed by atoms with Gasteiger partial charge in [0.05, 0.1) is 25.0 Å². The van der Waals surface area contributed by atoms with Crippen LogP contribution in [0.4, 0.5) is 0 Å². The van der Waals surface area contributed by atoms with Crippen LogP contribution in [-0.4, -0.2) is 38.2 Å². The largest absolute Gasteiger partial charge is 0.462 e. The Morgan fingerprint density at radius 2 is 2.42 bits per heavy atom. The fourth-order valence-electron chi connectivity index (χ4n) is 3.11. The van der Waals surface area contributed by atoms with Crippen molar-refractivity contribution in [3.05, 3.63) is 47.4 Å². The summed E-state index contributed by atoms with van der Waals surface area (Å²) in [5.74, 6) is 0.694. The summed E-state index contributed by atoms with van der Waals surface area (Å²) in [6.07, 6.45) is 7.49. The van der Waals surface area contributed by atoms with E-state index >= 15 is 0 Å². The maximum atomic E-state index is 12.8. The summed E-state index contributed by atoms with van der Waals surface area (Å²) < 4.78 is 7.27. The first-order chi connectivity index (χ1) is 11.7. The van der Waals surface area contributed by atoms with Crippen molar-refractivity contribution >= 4 is 17.2 Å². The van der Waals surface area contributed by atoms with Gasteiger partial charge in [-0.25, -0.2) is 4.98 Å². The Morgan fingerprint density at radius 3 is 3.17 bits per heavy atom. The number of nitrogens with zero attached hydrogens (tertiary/aromatic N) is 4. The van der Waals surface area contributed by atoms with Gasteiger partial charge in [0.1, 0.15) is 5.69 Å². The van der Waals surface area contributed by atoms with Gasteiger partial charge in [-0.2, -0.15) is 5.10 Å². The van der Waals surface area contributed by atoms with Crippen LogP contribution in [0.15, 0.2) is 40.6 Å². The Hall–Kier alpha value is -2.41. The van der Waals surface area contributed by atoms with Crippen molar-refractivity contribution in [2.24, 2.45) is 0 Å². The Morgan fingerprint density at radius 1 is 1.50 bits per heavy atom. The third-order valence-electron chi connectivity index (χ3n) is 4.25. The minimum atomic E-state index is -0.00423. The molecule has 1 atom stereocenters. The standard InChI is InChI=1S/C17H18N4O2S/c1-12-8-18-20(9-12)10-13-4-2-6-21(13)17(22)14-11-24-16(19-14)15-5-3-7-23-15/h3,5,7-9,11,13H,2,4,6,10H2,1H3/t13-/m1/s1. The Labute approximate surface area is 143 Å². The second kappa shape index (κ2) is 6.24. The quantitative estimate of drug-likeness (QED) is 0.730. The maximum absolute atomic E-state index is 12.8. The van der Waals surface area contributed by atoms with Gasteiger partial charge in [-0.15, -0.1) is 11.3 Å². The highest BCUT2D eigenvalue weighted by atomic mass is 32.1. The number of furan rings is 1. The van der Waals surface area contributed by atoms with Crippen molar-refractivity contribution < 1.29 is 9.21 Å². The lowest BCUT2D eigenvalue weighted by Gasteiger charge is -2.23. The van der Waals surface area contributed by atoms with Crippen LogP contribution in [0.5, 0.6) is 0 Å². The van der Waals surface area contributed by atoms with Crippen LogP contribution >= 0.6 is 11.3 Å². The van der Waals surface area contributed by atoms with E-state index in [1.54, 1.807) is 6.26 Å². The van der Waals surface area contributed by atoms with Gasteiger partial charge in [-0.05, 0) is 37.5 Å². The molecular formula is C17H18N4O2S. The molecule has 24 heavy (non-hydrogen) atoms.